The molecular formula is C5H14CaClNO5S. The van der Waals surface area contributed by atoms with Gasteiger partial charge in [-0.1, -0.05) is 0 Å². The van der Waals surface area contributed by atoms with Crippen molar-refractivity contribution in [1.29, 1.82) is 0 Å². The van der Waals surface area contributed by atoms with Crippen LogP contribution in [-0.2, 0) is 10.4 Å². The smallest absolute Gasteiger partial charge is 1.00 e. The first-order valence-electron chi connectivity index (χ1n) is 3.14. The number of hydrogen-bond acceptors (Lipinski definition) is 5. The number of halogens is 1. The fourth-order valence-corrected chi connectivity index (χ4v) is 0.300. The number of hydrogen-bond donors (Lipinski definition) is 1. The molecule has 0 aromatic carbocycles. The third-order valence-electron chi connectivity index (χ3n) is 0.771. The van der Waals surface area contributed by atoms with E-state index < -0.39 is 10.4 Å². The zero-order valence-electron chi connectivity index (χ0n) is 8.43. The minimum atomic E-state index is -5.17. The molecule has 0 amide bonds. The Bertz CT molecular complexity index is 195. The summed E-state index contributed by atoms with van der Waals surface area (Å²) in [6.07, 6.45) is 0. The van der Waals surface area contributed by atoms with Crippen molar-refractivity contribution in [2.24, 2.45) is 0 Å². The number of rotatable bonds is 2. The molecule has 0 radical (unpaired) electrons. The predicted octanol–water partition coefficient (Wildman–Crippen LogP) is -5.03. The summed E-state index contributed by atoms with van der Waals surface area (Å²) in [7, 11) is 0.989. The minimum Gasteiger partial charge on any atom is -1.00 e. The number of aliphatic hydroxyl groups excluding tert-OH is 1. The van der Waals surface area contributed by atoms with Crippen molar-refractivity contribution in [3.8, 4) is 0 Å². The predicted molar refractivity (Wildman–Crippen MR) is 46.2 cm³/mol. The van der Waals surface area contributed by atoms with Crippen molar-refractivity contribution in [3.05, 3.63) is 0 Å². The third-order valence-corrected chi connectivity index (χ3v) is 0.771. The molecule has 0 aliphatic rings. The molecular weight excluding hydrogens is 262 g/mol. The van der Waals surface area contributed by atoms with E-state index in [0.29, 0.717) is 0 Å². The van der Waals surface area contributed by atoms with Crippen molar-refractivity contribution in [2.45, 2.75) is 0 Å². The summed E-state index contributed by atoms with van der Waals surface area (Å²) in [5.74, 6) is 0. The van der Waals surface area contributed by atoms with Crippen molar-refractivity contribution in [3.63, 3.8) is 0 Å². The van der Waals surface area contributed by atoms with Crippen LogP contribution >= 0.6 is 0 Å². The summed E-state index contributed by atoms with van der Waals surface area (Å²) in [6.45, 7) is 1.11. The standard InChI is InChI=1S/C5H14NO.Ca.ClH.H2O4S/c1-6(2,3)4-5-7;;;1-5(2,3)4/h7H,4-5H2,1-3H3;;1H;(H2,1,2,3,4)/q+1;+2;;/p-3. The van der Waals surface area contributed by atoms with Gasteiger partial charge in [-0.05, 0) is 0 Å². The molecule has 0 aromatic rings. The van der Waals surface area contributed by atoms with Gasteiger partial charge in [0.1, 0.15) is 6.54 Å². The maximum atomic E-state index is 8.52. The van der Waals surface area contributed by atoms with Crippen LogP contribution in [0.5, 0.6) is 0 Å². The summed E-state index contributed by atoms with van der Waals surface area (Å²) in [4.78, 5) is 0. The van der Waals surface area contributed by atoms with E-state index in [1.165, 1.54) is 0 Å². The molecule has 0 saturated heterocycles. The SMILES string of the molecule is C[N+](C)(C)CCO.O=S(=O)([O-])[O-].[Ca+2].[Cl-]. The van der Waals surface area contributed by atoms with Gasteiger partial charge in [0.15, 0.2) is 0 Å². The van der Waals surface area contributed by atoms with Crippen LogP contribution in [0.2, 0.25) is 0 Å². The first-order chi connectivity index (χ1) is 5.06. The van der Waals surface area contributed by atoms with Gasteiger partial charge in [-0.2, -0.15) is 0 Å². The second kappa shape index (κ2) is 10.8. The van der Waals surface area contributed by atoms with E-state index in [9.17, 15) is 0 Å². The molecule has 0 aliphatic heterocycles. The van der Waals surface area contributed by atoms with E-state index >= 15 is 0 Å². The molecule has 0 saturated carbocycles. The van der Waals surface area contributed by atoms with Crippen LogP contribution in [0.4, 0.5) is 0 Å². The Morgan fingerprint density at radius 2 is 1.43 bits per heavy atom. The van der Waals surface area contributed by atoms with E-state index in [4.69, 9.17) is 22.6 Å². The third kappa shape index (κ3) is 71.2. The van der Waals surface area contributed by atoms with Gasteiger partial charge in [0.05, 0.1) is 27.7 Å². The molecule has 9 heteroatoms. The molecule has 0 fully saturated rings. The van der Waals surface area contributed by atoms with Crippen molar-refractivity contribution >= 4 is 48.1 Å². The van der Waals surface area contributed by atoms with Crippen LogP contribution in [-0.4, -0.2) is 99.1 Å². The summed E-state index contributed by atoms with van der Waals surface area (Å²) < 4.78 is 34.9. The van der Waals surface area contributed by atoms with Gasteiger partial charge in [0.2, 0.25) is 0 Å². The quantitative estimate of drug-likeness (QED) is 0.235. The Morgan fingerprint density at radius 1 is 1.21 bits per heavy atom. The fraction of sp³-hybridized carbons (Fsp3) is 1.00. The zero-order valence-corrected chi connectivity index (χ0v) is 12.2. The van der Waals surface area contributed by atoms with E-state index in [0.717, 1.165) is 11.0 Å². The zero-order chi connectivity index (χ0) is 10.4. The molecule has 0 spiro atoms. The summed E-state index contributed by atoms with van der Waals surface area (Å²) in [6, 6.07) is 0. The van der Waals surface area contributed by atoms with Crippen molar-refractivity contribution < 1.29 is 39.5 Å². The average molecular weight is 276 g/mol. The van der Waals surface area contributed by atoms with Gasteiger partial charge in [-0.3, -0.25) is 8.42 Å². The molecule has 6 nitrogen and oxygen atoms in total. The van der Waals surface area contributed by atoms with Crippen LogP contribution < -0.4 is 12.4 Å². The first kappa shape index (κ1) is 24.5. The van der Waals surface area contributed by atoms with Gasteiger partial charge in [-0.25, -0.2) is 0 Å². The molecule has 0 unspecified atom stereocenters. The van der Waals surface area contributed by atoms with E-state index in [1.807, 2.05) is 0 Å². The number of likely N-dealkylation sites (N-methyl/N-ethyl adjacent to an activating group) is 1. The maximum absolute atomic E-state index is 8.52. The monoisotopic (exact) mass is 275 g/mol. The van der Waals surface area contributed by atoms with Crippen LogP contribution in [0.25, 0.3) is 0 Å². The van der Waals surface area contributed by atoms with Gasteiger partial charge in [-0.15, -0.1) is 0 Å². The molecule has 84 valence electrons. The number of aliphatic hydroxyl groups is 1. The second-order valence-electron chi connectivity index (χ2n) is 3.15. The Kier molecular flexibility index (Phi) is 19.0. The largest absolute Gasteiger partial charge is 2.00 e. The summed E-state index contributed by atoms with van der Waals surface area (Å²) in [5, 5.41) is 8.39. The summed E-state index contributed by atoms with van der Waals surface area (Å²) in [5.41, 5.74) is 0. The van der Waals surface area contributed by atoms with Crippen LogP contribution in [0, 0.1) is 0 Å². The van der Waals surface area contributed by atoms with Crippen LogP contribution in [0.15, 0.2) is 0 Å². The summed E-state index contributed by atoms with van der Waals surface area (Å²) >= 11 is 0. The number of nitrogens with zero attached hydrogens (tertiary/aromatic N) is 1. The molecule has 0 heterocycles. The Balaban J connectivity index is -0.0000000651. The molecule has 0 aromatic heterocycles. The Labute approximate surface area is 121 Å². The van der Waals surface area contributed by atoms with Crippen LogP contribution in [0.1, 0.15) is 0 Å². The van der Waals surface area contributed by atoms with Gasteiger partial charge in [0, 0.05) is 10.4 Å². The second-order valence-corrected chi connectivity index (χ2v) is 3.96. The molecule has 0 rings (SSSR count). The van der Waals surface area contributed by atoms with E-state index in [2.05, 4.69) is 21.1 Å². The molecule has 0 bridgehead atoms. The van der Waals surface area contributed by atoms with Crippen molar-refractivity contribution in [1.82, 2.24) is 0 Å². The van der Waals surface area contributed by atoms with Gasteiger partial charge >= 0.3 is 37.7 Å². The van der Waals surface area contributed by atoms with E-state index in [1.54, 1.807) is 0 Å². The van der Waals surface area contributed by atoms with E-state index in [-0.39, 0.29) is 56.8 Å². The molecule has 14 heavy (non-hydrogen) atoms. The molecule has 0 atom stereocenters. The molecule has 0 aliphatic carbocycles. The molecule has 1 N–H and O–H groups in total. The Morgan fingerprint density at radius 3 is 1.43 bits per heavy atom. The van der Waals surface area contributed by atoms with Crippen LogP contribution in [0.3, 0.4) is 0 Å². The Hall–Kier alpha value is 1.34. The topological polar surface area (TPSA) is 100 Å². The fourth-order valence-electron chi connectivity index (χ4n) is 0.300. The number of quaternary nitrogens is 1. The minimum absolute atomic E-state index is 0. The average Bonchev–Trinajstić information content (AvgIpc) is 1.54. The van der Waals surface area contributed by atoms with Gasteiger partial charge in [0.25, 0.3) is 0 Å². The normalized spacial score (nSPS) is 10.1. The van der Waals surface area contributed by atoms with Gasteiger partial charge < -0.3 is 31.1 Å². The first-order valence-corrected chi connectivity index (χ1v) is 4.47. The maximum Gasteiger partial charge on any atom is 2.00 e. The van der Waals surface area contributed by atoms with Crippen molar-refractivity contribution in [2.75, 3.05) is 34.3 Å².